The summed E-state index contributed by atoms with van der Waals surface area (Å²) in [7, 11) is 0. The smallest absolute Gasteiger partial charge is 0.354 e. The van der Waals surface area contributed by atoms with Crippen LogP contribution in [0.25, 0.3) is 11.1 Å². The molecular formula is C28H32N2O5. The number of aromatic carboxylic acids is 2. The lowest BCUT2D eigenvalue weighted by Crippen LogP contribution is -2.29. The largest absolute Gasteiger partial charge is 0.478 e. The minimum atomic E-state index is -1.05. The van der Waals surface area contributed by atoms with E-state index in [0.29, 0.717) is 30.1 Å². The van der Waals surface area contributed by atoms with Gasteiger partial charge in [-0.15, -0.1) is 0 Å². The Morgan fingerprint density at radius 2 is 1.60 bits per heavy atom. The highest BCUT2D eigenvalue weighted by atomic mass is 16.4. The molecule has 1 aliphatic carbocycles. The Morgan fingerprint density at radius 1 is 0.914 bits per heavy atom. The van der Waals surface area contributed by atoms with Crippen molar-refractivity contribution in [2.24, 2.45) is 5.92 Å². The maximum absolute atomic E-state index is 13.5. The Bertz CT molecular complexity index is 1260. The van der Waals surface area contributed by atoms with Gasteiger partial charge in [-0.1, -0.05) is 75.1 Å². The van der Waals surface area contributed by atoms with Gasteiger partial charge in [0.2, 0.25) is 0 Å². The van der Waals surface area contributed by atoms with Gasteiger partial charge in [0.15, 0.2) is 5.69 Å². The number of carbonyl (C=O) groups is 2. The second kappa shape index (κ2) is 10.8. The molecule has 7 heteroatoms. The van der Waals surface area contributed by atoms with Crippen LogP contribution in [-0.2, 0) is 19.5 Å². The minimum absolute atomic E-state index is 0.120. The van der Waals surface area contributed by atoms with Gasteiger partial charge in [0.05, 0.1) is 17.8 Å². The van der Waals surface area contributed by atoms with Crippen molar-refractivity contribution in [2.45, 2.75) is 65.0 Å². The number of nitrogens with zero attached hydrogens (tertiary/aromatic N) is 2. The average Bonchev–Trinajstić information content (AvgIpc) is 3.11. The molecule has 184 valence electrons. The lowest BCUT2D eigenvalue weighted by molar-refractivity contribution is 0.0675. The fourth-order valence-electron chi connectivity index (χ4n) is 5.22. The SMILES string of the molecule is CCCc1c(C(=O)O)n(CC2CCCCC2)c(=O)n1Cc1ccc(-c2ccccc2C(=O)O)cc1. The standard InChI is InChI=1S/C28H32N2O5/c1-2-8-24-25(27(33)34)30(18-19-9-4-3-5-10-19)28(35)29(24)17-20-13-15-21(16-14-20)22-11-6-7-12-23(22)26(31)32/h6-7,11-16,19H,2-5,8-10,17-18H2,1H3,(H,31,32)(H,33,34). The number of hydrogen-bond donors (Lipinski definition) is 2. The monoisotopic (exact) mass is 476 g/mol. The predicted octanol–water partition coefficient (Wildman–Crippen LogP) is 5.29. The van der Waals surface area contributed by atoms with E-state index in [9.17, 15) is 24.6 Å². The highest BCUT2D eigenvalue weighted by Crippen LogP contribution is 2.27. The Labute approximate surface area is 204 Å². The number of aromatic nitrogens is 2. The van der Waals surface area contributed by atoms with Crippen molar-refractivity contribution in [1.82, 2.24) is 9.13 Å². The van der Waals surface area contributed by atoms with Gasteiger partial charge in [0.25, 0.3) is 0 Å². The van der Waals surface area contributed by atoms with E-state index < -0.39 is 11.9 Å². The molecule has 0 amide bonds. The Morgan fingerprint density at radius 3 is 2.23 bits per heavy atom. The molecule has 1 fully saturated rings. The summed E-state index contributed by atoms with van der Waals surface area (Å²) in [6, 6.07) is 14.3. The van der Waals surface area contributed by atoms with Crippen LogP contribution in [0.4, 0.5) is 0 Å². The molecule has 0 aliphatic heterocycles. The molecule has 0 unspecified atom stereocenters. The van der Waals surface area contributed by atoms with Crippen molar-refractivity contribution in [3.8, 4) is 11.1 Å². The molecular weight excluding hydrogens is 444 g/mol. The second-order valence-corrected chi connectivity index (χ2v) is 9.38. The van der Waals surface area contributed by atoms with Crippen LogP contribution in [0.1, 0.15) is 77.6 Å². The summed E-state index contributed by atoms with van der Waals surface area (Å²) in [6.45, 7) is 2.70. The highest BCUT2D eigenvalue weighted by Gasteiger charge is 2.26. The summed E-state index contributed by atoms with van der Waals surface area (Å²) in [5, 5.41) is 19.5. The minimum Gasteiger partial charge on any atom is -0.478 e. The van der Waals surface area contributed by atoms with Gasteiger partial charge >= 0.3 is 17.6 Å². The van der Waals surface area contributed by atoms with Gasteiger partial charge in [0, 0.05) is 6.54 Å². The first-order valence-corrected chi connectivity index (χ1v) is 12.4. The van der Waals surface area contributed by atoms with Gasteiger partial charge in [-0.2, -0.15) is 0 Å². The fraction of sp³-hybridized carbons (Fsp3) is 0.393. The lowest BCUT2D eigenvalue weighted by atomic mass is 9.89. The van der Waals surface area contributed by atoms with Crippen molar-refractivity contribution >= 4 is 11.9 Å². The molecule has 4 rings (SSSR count). The molecule has 2 aromatic carbocycles. The summed E-state index contributed by atoms with van der Waals surface area (Å²) in [5.74, 6) is -1.71. The zero-order chi connectivity index (χ0) is 24.9. The normalized spacial score (nSPS) is 14.2. The summed E-state index contributed by atoms with van der Waals surface area (Å²) in [4.78, 5) is 37.3. The number of hydrogen-bond acceptors (Lipinski definition) is 3. The maximum atomic E-state index is 13.5. The van der Waals surface area contributed by atoms with Crippen molar-refractivity contribution in [3.63, 3.8) is 0 Å². The van der Waals surface area contributed by atoms with E-state index >= 15 is 0 Å². The van der Waals surface area contributed by atoms with Gasteiger partial charge in [-0.25, -0.2) is 14.4 Å². The van der Waals surface area contributed by atoms with Crippen molar-refractivity contribution in [1.29, 1.82) is 0 Å². The van der Waals surface area contributed by atoms with E-state index in [4.69, 9.17) is 0 Å². The van der Waals surface area contributed by atoms with E-state index in [1.807, 2.05) is 31.2 Å². The Balaban J connectivity index is 1.68. The summed E-state index contributed by atoms with van der Waals surface area (Å²) in [6.07, 6.45) is 6.75. The van der Waals surface area contributed by atoms with Crippen LogP contribution in [0.15, 0.2) is 53.3 Å². The summed E-state index contributed by atoms with van der Waals surface area (Å²) >= 11 is 0. The Hall–Kier alpha value is -3.61. The van der Waals surface area contributed by atoms with Gasteiger partial charge in [0.1, 0.15) is 0 Å². The molecule has 3 aromatic rings. The molecule has 0 radical (unpaired) electrons. The molecule has 2 N–H and O–H groups in total. The van der Waals surface area contributed by atoms with Crippen LogP contribution < -0.4 is 5.69 Å². The van der Waals surface area contributed by atoms with Crippen molar-refractivity contribution < 1.29 is 19.8 Å². The third kappa shape index (κ3) is 5.24. The van der Waals surface area contributed by atoms with Gasteiger partial charge < -0.3 is 10.2 Å². The number of imidazole rings is 1. The molecule has 7 nitrogen and oxygen atoms in total. The zero-order valence-corrected chi connectivity index (χ0v) is 20.1. The predicted molar refractivity (Wildman–Crippen MR) is 134 cm³/mol. The lowest BCUT2D eigenvalue weighted by Gasteiger charge is -2.22. The van der Waals surface area contributed by atoms with Gasteiger partial charge in [-0.05, 0) is 47.9 Å². The van der Waals surface area contributed by atoms with Gasteiger partial charge in [-0.3, -0.25) is 9.13 Å². The molecule has 0 saturated heterocycles. The molecule has 1 saturated carbocycles. The molecule has 0 spiro atoms. The van der Waals surface area contributed by atoms with E-state index in [1.165, 1.54) is 11.0 Å². The highest BCUT2D eigenvalue weighted by molar-refractivity contribution is 5.96. The molecule has 35 heavy (non-hydrogen) atoms. The molecule has 0 atom stereocenters. The molecule has 1 heterocycles. The van der Waals surface area contributed by atoms with Crippen molar-refractivity contribution in [2.75, 3.05) is 0 Å². The zero-order valence-electron chi connectivity index (χ0n) is 20.1. The van der Waals surface area contributed by atoms with Crippen molar-refractivity contribution in [3.05, 3.63) is 81.5 Å². The van der Waals surface area contributed by atoms with E-state index in [1.54, 1.807) is 28.8 Å². The topological polar surface area (TPSA) is 102 Å². The van der Waals surface area contributed by atoms with Crippen LogP contribution in [0.5, 0.6) is 0 Å². The van der Waals surface area contributed by atoms with Crippen LogP contribution in [0, 0.1) is 5.92 Å². The average molecular weight is 477 g/mol. The third-order valence-electron chi connectivity index (χ3n) is 6.95. The third-order valence-corrected chi connectivity index (χ3v) is 6.95. The summed E-state index contributed by atoms with van der Waals surface area (Å²) < 4.78 is 3.09. The number of benzene rings is 2. The van der Waals surface area contributed by atoms with Crippen LogP contribution in [-0.4, -0.2) is 31.3 Å². The van der Waals surface area contributed by atoms with Crippen LogP contribution >= 0.6 is 0 Å². The maximum Gasteiger partial charge on any atom is 0.354 e. The van der Waals surface area contributed by atoms with E-state index in [-0.39, 0.29) is 23.5 Å². The number of carboxylic acid groups (broad SMARTS) is 2. The van der Waals surface area contributed by atoms with Crippen LogP contribution in [0.2, 0.25) is 0 Å². The fourth-order valence-corrected chi connectivity index (χ4v) is 5.22. The second-order valence-electron chi connectivity index (χ2n) is 9.38. The first-order chi connectivity index (χ1) is 16.9. The van der Waals surface area contributed by atoms with E-state index in [2.05, 4.69) is 0 Å². The Kier molecular flexibility index (Phi) is 7.54. The molecule has 1 aliphatic rings. The number of rotatable bonds is 9. The number of carboxylic acids is 2. The first kappa shape index (κ1) is 24.5. The summed E-state index contributed by atoms with van der Waals surface area (Å²) in [5.41, 5.74) is 2.91. The van der Waals surface area contributed by atoms with Crippen LogP contribution in [0.3, 0.4) is 0 Å². The molecule has 1 aromatic heterocycles. The quantitative estimate of drug-likeness (QED) is 0.437. The molecule has 0 bridgehead atoms. The van der Waals surface area contributed by atoms with E-state index in [0.717, 1.165) is 43.2 Å². The first-order valence-electron chi connectivity index (χ1n) is 12.4.